The highest BCUT2D eigenvalue weighted by Gasteiger charge is 2.42. The predicted molar refractivity (Wildman–Crippen MR) is 74.3 cm³/mol. The fraction of sp³-hybridized carbons (Fsp3) is 0.538. The van der Waals surface area contributed by atoms with Crippen molar-refractivity contribution < 1.29 is 30.9 Å². The summed E-state index contributed by atoms with van der Waals surface area (Å²) in [5.74, 6) is 0. The van der Waals surface area contributed by atoms with E-state index in [2.05, 4.69) is 10.1 Å². The number of alkyl halides is 3. The first-order valence-corrected chi connectivity index (χ1v) is 7.90. The van der Waals surface area contributed by atoms with E-state index in [1.54, 1.807) is 19.1 Å². The first kappa shape index (κ1) is 18.9. The van der Waals surface area contributed by atoms with Gasteiger partial charge in [-0.1, -0.05) is 17.7 Å². The monoisotopic (exact) mass is 341 g/mol. The molecule has 0 saturated carbocycles. The maximum absolute atomic E-state index is 11.9. The van der Waals surface area contributed by atoms with E-state index in [-0.39, 0.29) is 24.1 Å². The summed E-state index contributed by atoms with van der Waals surface area (Å²) in [5, 5.41) is 2.69. The molecule has 22 heavy (non-hydrogen) atoms. The molecular formula is C13H18F3NO4S. The van der Waals surface area contributed by atoms with Crippen LogP contribution in [0.3, 0.4) is 0 Å². The molecule has 0 amide bonds. The Morgan fingerprint density at radius 2 is 1.82 bits per heavy atom. The second-order valence-corrected chi connectivity index (χ2v) is 6.38. The highest BCUT2D eigenvalue weighted by molar-refractivity contribution is 7.85. The normalized spacial score (nSPS) is 22.6. The minimum absolute atomic E-state index is 0.0219. The van der Waals surface area contributed by atoms with Gasteiger partial charge in [-0.25, -0.2) is 0 Å². The van der Waals surface area contributed by atoms with Gasteiger partial charge in [-0.05, 0) is 26.0 Å². The number of hydrogen-bond donors (Lipinski definition) is 2. The van der Waals surface area contributed by atoms with Crippen LogP contribution in [0.4, 0.5) is 13.2 Å². The lowest BCUT2D eigenvalue weighted by atomic mass is 10.2. The summed E-state index contributed by atoms with van der Waals surface area (Å²) in [6.45, 7) is 3.62. The Hall–Kier alpha value is -1.16. The molecule has 1 heterocycles. The third kappa shape index (κ3) is 6.30. The molecule has 1 aliphatic heterocycles. The largest absolute Gasteiger partial charge is 0.415 e. The SMILES string of the molecule is C[C@@H]1CO[C@@H](C(F)(F)F)CN1.Cc1ccc(S(=O)(=O)O)cc1. The Morgan fingerprint density at radius 1 is 1.27 bits per heavy atom. The molecule has 126 valence electrons. The lowest BCUT2D eigenvalue weighted by molar-refractivity contribution is -0.228. The maximum atomic E-state index is 11.9. The molecule has 0 spiro atoms. The minimum atomic E-state index is -4.23. The van der Waals surface area contributed by atoms with E-state index in [4.69, 9.17) is 4.55 Å². The number of benzene rings is 1. The fourth-order valence-corrected chi connectivity index (χ4v) is 2.09. The summed E-state index contributed by atoms with van der Waals surface area (Å²) in [7, 11) is -4.02. The Kier molecular flexibility index (Phi) is 6.36. The minimum Gasteiger partial charge on any atom is -0.366 e. The summed E-state index contributed by atoms with van der Waals surface area (Å²) in [5.41, 5.74) is 0.956. The zero-order chi connectivity index (χ0) is 17.0. The molecule has 0 aliphatic carbocycles. The molecule has 0 radical (unpaired) electrons. The summed E-state index contributed by atoms with van der Waals surface area (Å²) in [6, 6.07) is 6.01. The number of nitrogens with one attached hydrogen (secondary N) is 1. The summed E-state index contributed by atoms with van der Waals surface area (Å²) >= 11 is 0. The number of ether oxygens (including phenoxy) is 1. The van der Waals surface area contributed by atoms with Gasteiger partial charge in [0, 0.05) is 12.6 Å². The molecule has 1 aromatic rings. The van der Waals surface area contributed by atoms with Gasteiger partial charge < -0.3 is 10.1 Å². The quantitative estimate of drug-likeness (QED) is 0.766. The van der Waals surface area contributed by atoms with Crippen LogP contribution in [0.2, 0.25) is 0 Å². The molecule has 1 aromatic carbocycles. The summed E-state index contributed by atoms with van der Waals surface area (Å²) in [4.78, 5) is -0.0666. The molecule has 2 rings (SSSR count). The van der Waals surface area contributed by atoms with Crippen molar-refractivity contribution in [3.05, 3.63) is 29.8 Å². The fourth-order valence-electron chi connectivity index (χ4n) is 1.61. The lowest BCUT2D eigenvalue weighted by Crippen LogP contribution is -2.50. The van der Waals surface area contributed by atoms with E-state index in [1.807, 2.05) is 6.92 Å². The van der Waals surface area contributed by atoms with Gasteiger partial charge in [0.1, 0.15) is 0 Å². The standard InChI is InChI=1S/C7H8O3S.C6H10F3NO/c1-6-2-4-7(5-3-6)11(8,9)10;1-4-3-11-5(2-10-4)6(7,8)9/h2-5H,1H3,(H,8,9,10);4-5,10H,2-3H2,1H3/t;4-,5-/m.1/s1. The average Bonchev–Trinajstić information content (AvgIpc) is 2.38. The summed E-state index contributed by atoms with van der Waals surface area (Å²) < 4.78 is 69.8. The molecule has 0 unspecified atom stereocenters. The first-order chi connectivity index (χ1) is 10.00. The van der Waals surface area contributed by atoms with Crippen LogP contribution < -0.4 is 5.32 Å². The Balaban J connectivity index is 0.000000220. The zero-order valence-corrected chi connectivity index (χ0v) is 12.9. The molecule has 0 bridgehead atoms. The van der Waals surface area contributed by atoms with Gasteiger partial charge in [0.15, 0.2) is 6.10 Å². The van der Waals surface area contributed by atoms with Crippen LogP contribution in [0, 0.1) is 6.92 Å². The van der Waals surface area contributed by atoms with Gasteiger partial charge in [0.05, 0.1) is 11.5 Å². The highest BCUT2D eigenvalue weighted by atomic mass is 32.2. The van der Waals surface area contributed by atoms with Crippen LogP contribution in [0.1, 0.15) is 12.5 Å². The number of hydrogen-bond acceptors (Lipinski definition) is 4. The van der Waals surface area contributed by atoms with Crippen LogP contribution in [0.15, 0.2) is 29.2 Å². The van der Waals surface area contributed by atoms with Crippen molar-refractivity contribution in [3.8, 4) is 0 Å². The van der Waals surface area contributed by atoms with Gasteiger partial charge in [0.25, 0.3) is 10.1 Å². The zero-order valence-electron chi connectivity index (χ0n) is 12.1. The van der Waals surface area contributed by atoms with Crippen molar-refractivity contribution in [2.24, 2.45) is 0 Å². The summed E-state index contributed by atoms with van der Waals surface area (Å²) in [6.07, 6.45) is -5.86. The number of aryl methyl sites for hydroxylation is 1. The number of halogens is 3. The molecule has 2 atom stereocenters. The van der Waals surface area contributed by atoms with Crippen LogP contribution in [0.5, 0.6) is 0 Å². The number of rotatable bonds is 1. The predicted octanol–water partition coefficient (Wildman–Crippen LogP) is 2.17. The van der Waals surface area contributed by atoms with Gasteiger partial charge in [0.2, 0.25) is 0 Å². The molecule has 5 nitrogen and oxygen atoms in total. The van der Waals surface area contributed by atoms with Crippen molar-refractivity contribution in [1.29, 1.82) is 0 Å². The first-order valence-electron chi connectivity index (χ1n) is 6.46. The molecule has 0 aromatic heterocycles. The van der Waals surface area contributed by atoms with Crippen molar-refractivity contribution in [3.63, 3.8) is 0 Å². The van der Waals surface area contributed by atoms with Crippen molar-refractivity contribution in [2.45, 2.75) is 37.1 Å². The highest BCUT2D eigenvalue weighted by Crippen LogP contribution is 2.24. The lowest BCUT2D eigenvalue weighted by Gasteiger charge is -2.29. The maximum Gasteiger partial charge on any atom is 0.415 e. The second kappa shape index (κ2) is 7.40. The van der Waals surface area contributed by atoms with Gasteiger partial charge >= 0.3 is 6.18 Å². The van der Waals surface area contributed by atoms with E-state index < -0.39 is 22.4 Å². The van der Waals surface area contributed by atoms with E-state index in [1.165, 1.54) is 12.1 Å². The van der Waals surface area contributed by atoms with E-state index >= 15 is 0 Å². The molecule has 1 fully saturated rings. The Morgan fingerprint density at radius 3 is 2.18 bits per heavy atom. The topological polar surface area (TPSA) is 75.6 Å². The van der Waals surface area contributed by atoms with Crippen molar-refractivity contribution >= 4 is 10.1 Å². The van der Waals surface area contributed by atoms with Crippen LogP contribution >= 0.6 is 0 Å². The molecule has 1 saturated heterocycles. The third-order valence-electron chi connectivity index (χ3n) is 2.88. The smallest absolute Gasteiger partial charge is 0.366 e. The number of morpholine rings is 1. The average molecular weight is 341 g/mol. The van der Waals surface area contributed by atoms with Gasteiger partial charge in [-0.15, -0.1) is 0 Å². The molecule has 1 aliphatic rings. The second-order valence-electron chi connectivity index (χ2n) is 4.96. The van der Waals surface area contributed by atoms with Gasteiger partial charge in [-0.2, -0.15) is 21.6 Å². The van der Waals surface area contributed by atoms with Crippen LogP contribution in [-0.4, -0.2) is 44.4 Å². The van der Waals surface area contributed by atoms with Crippen LogP contribution in [0.25, 0.3) is 0 Å². The van der Waals surface area contributed by atoms with Gasteiger partial charge in [-0.3, -0.25) is 4.55 Å². The Labute approximate surface area is 127 Å². The molecule has 9 heteroatoms. The third-order valence-corrected chi connectivity index (χ3v) is 3.75. The van der Waals surface area contributed by atoms with E-state index in [0.29, 0.717) is 0 Å². The van der Waals surface area contributed by atoms with E-state index in [0.717, 1.165) is 5.56 Å². The molecular weight excluding hydrogens is 323 g/mol. The molecule has 2 N–H and O–H groups in total. The van der Waals surface area contributed by atoms with E-state index in [9.17, 15) is 21.6 Å². The van der Waals surface area contributed by atoms with Crippen LogP contribution in [-0.2, 0) is 14.9 Å². The van der Waals surface area contributed by atoms with Crippen molar-refractivity contribution in [1.82, 2.24) is 5.32 Å². The Bertz CT molecular complexity index is 564. The van der Waals surface area contributed by atoms with Crippen molar-refractivity contribution in [2.75, 3.05) is 13.2 Å².